The van der Waals surface area contributed by atoms with Crippen LogP contribution in [0.3, 0.4) is 0 Å². The normalized spacial score (nSPS) is 12.2. The summed E-state index contributed by atoms with van der Waals surface area (Å²) in [6.07, 6.45) is 2.64. The maximum absolute atomic E-state index is 10.9. The van der Waals surface area contributed by atoms with Gasteiger partial charge in [0.05, 0.1) is 0 Å². The lowest BCUT2D eigenvalue weighted by Gasteiger charge is -2.27. The zero-order chi connectivity index (χ0) is 22.1. The SMILES string of the molecule is CCc1ccc(OCc2coc(-c3cc(C(C)(C)C)c(O)c(C(C)(C)C)c3)n2)cc1. The Labute approximate surface area is 179 Å². The Hall–Kier alpha value is -2.75. The lowest BCUT2D eigenvalue weighted by Crippen LogP contribution is -2.17. The number of ether oxygens (including phenoxy) is 1. The highest BCUT2D eigenvalue weighted by atomic mass is 16.5. The zero-order valence-electron chi connectivity index (χ0n) is 19.2. The first-order chi connectivity index (χ1) is 14.0. The van der Waals surface area contributed by atoms with Crippen LogP contribution in [0.2, 0.25) is 0 Å². The lowest BCUT2D eigenvalue weighted by molar-refractivity contribution is 0.301. The van der Waals surface area contributed by atoms with E-state index in [0.717, 1.165) is 34.6 Å². The Balaban J connectivity index is 1.88. The van der Waals surface area contributed by atoms with Crippen LogP contribution in [0.25, 0.3) is 11.5 Å². The second-order valence-electron chi connectivity index (χ2n) is 9.85. The third-order valence-electron chi connectivity index (χ3n) is 5.24. The van der Waals surface area contributed by atoms with Gasteiger partial charge in [0.2, 0.25) is 5.89 Å². The van der Waals surface area contributed by atoms with Gasteiger partial charge in [-0.2, -0.15) is 0 Å². The minimum atomic E-state index is -0.205. The van der Waals surface area contributed by atoms with Gasteiger partial charge in [-0.1, -0.05) is 60.6 Å². The highest BCUT2D eigenvalue weighted by Gasteiger charge is 2.27. The molecule has 3 aromatic rings. The number of nitrogens with zero attached hydrogens (tertiary/aromatic N) is 1. The number of benzene rings is 2. The summed E-state index contributed by atoms with van der Waals surface area (Å²) in [5.74, 6) is 1.70. The van der Waals surface area contributed by atoms with Crippen molar-refractivity contribution in [3.8, 4) is 23.0 Å². The van der Waals surface area contributed by atoms with Gasteiger partial charge < -0.3 is 14.3 Å². The topological polar surface area (TPSA) is 55.5 Å². The van der Waals surface area contributed by atoms with Crippen LogP contribution >= 0.6 is 0 Å². The largest absolute Gasteiger partial charge is 0.507 e. The van der Waals surface area contributed by atoms with Gasteiger partial charge in [0, 0.05) is 16.7 Å². The van der Waals surface area contributed by atoms with E-state index in [-0.39, 0.29) is 10.8 Å². The van der Waals surface area contributed by atoms with Crippen LogP contribution in [0.4, 0.5) is 0 Å². The van der Waals surface area contributed by atoms with Crippen LogP contribution in [0.15, 0.2) is 47.1 Å². The van der Waals surface area contributed by atoms with E-state index >= 15 is 0 Å². The molecule has 0 spiro atoms. The second kappa shape index (κ2) is 8.17. The standard InChI is InChI=1S/C26H33NO3/c1-8-17-9-11-20(12-10-17)29-15-19-16-30-24(27-19)18-13-21(25(2,3)4)23(28)22(14-18)26(5,6)7/h9-14,16,28H,8,15H2,1-7H3. The van der Waals surface area contributed by atoms with E-state index in [1.807, 2.05) is 24.3 Å². The van der Waals surface area contributed by atoms with Crippen LogP contribution < -0.4 is 4.74 Å². The van der Waals surface area contributed by atoms with Gasteiger partial charge in [-0.3, -0.25) is 0 Å². The number of phenolic OH excluding ortho intramolecular Hbond substituents is 1. The molecule has 0 aliphatic carbocycles. The van der Waals surface area contributed by atoms with Crippen molar-refractivity contribution in [3.63, 3.8) is 0 Å². The molecule has 1 aromatic heterocycles. The zero-order valence-corrected chi connectivity index (χ0v) is 19.2. The predicted octanol–water partition coefficient (Wildman–Crippen LogP) is 6.78. The van der Waals surface area contributed by atoms with Crippen molar-refractivity contribution in [2.45, 2.75) is 72.3 Å². The Morgan fingerprint density at radius 3 is 2.00 bits per heavy atom. The molecule has 0 fully saturated rings. The van der Waals surface area contributed by atoms with Gasteiger partial charge >= 0.3 is 0 Å². The van der Waals surface area contributed by atoms with Crippen molar-refractivity contribution in [2.75, 3.05) is 0 Å². The molecular formula is C26H33NO3. The first-order valence-electron chi connectivity index (χ1n) is 10.5. The van der Waals surface area contributed by atoms with Gasteiger partial charge in [0.25, 0.3) is 0 Å². The van der Waals surface area contributed by atoms with Crippen molar-refractivity contribution in [3.05, 3.63) is 65.0 Å². The number of aromatic hydroxyl groups is 1. The fraction of sp³-hybridized carbons (Fsp3) is 0.423. The van der Waals surface area contributed by atoms with Crippen molar-refractivity contribution in [1.29, 1.82) is 0 Å². The van der Waals surface area contributed by atoms with E-state index in [1.165, 1.54) is 5.56 Å². The molecule has 0 aliphatic rings. The van der Waals surface area contributed by atoms with Crippen molar-refractivity contribution in [1.82, 2.24) is 4.98 Å². The molecule has 3 rings (SSSR count). The van der Waals surface area contributed by atoms with Crippen LogP contribution in [0.5, 0.6) is 11.5 Å². The fourth-order valence-corrected chi connectivity index (χ4v) is 3.39. The fourth-order valence-electron chi connectivity index (χ4n) is 3.39. The van der Waals surface area contributed by atoms with E-state index in [2.05, 4.69) is 65.6 Å². The molecule has 2 aromatic carbocycles. The van der Waals surface area contributed by atoms with E-state index in [1.54, 1.807) is 6.26 Å². The quantitative estimate of drug-likeness (QED) is 0.506. The summed E-state index contributed by atoms with van der Waals surface area (Å²) in [4.78, 5) is 4.63. The van der Waals surface area contributed by atoms with Gasteiger partial charge in [-0.25, -0.2) is 4.98 Å². The number of aryl methyl sites for hydroxylation is 1. The van der Waals surface area contributed by atoms with Crippen LogP contribution in [-0.4, -0.2) is 10.1 Å². The monoisotopic (exact) mass is 407 g/mol. The van der Waals surface area contributed by atoms with E-state index in [4.69, 9.17) is 9.15 Å². The van der Waals surface area contributed by atoms with Gasteiger partial charge in [0.1, 0.15) is 30.1 Å². The number of aromatic nitrogens is 1. The Kier molecular flexibility index (Phi) is 5.98. The molecule has 30 heavy (non-hydrogen) atoms. The maximum Gasteiger partial charge on any atom is 0.226 e. The molecule has 1 heterocycles. The summed E-state index contributed by atoms with van der Waals surface area (Å²) in [6, 6.07) is 12.1. The van der Waals surface area contributed by atoms with E-state index in [0.29, 0.717) is 18.2 Å². The maximum atomic E-state index is 10.9. The van der Waals surface area contributed by atoms with Crippen LogP contribution in [0, 0.1) is 0 Å². The number of phenols is 1. The molecule has 4 heteroatoms. The molecular weight excluding hydrogens is 374 g/mol. The number of hydrogen-bond acceptors (Lipinski definition) is 4. The summed E-state index contributed by atoms with van der Waals surface area (Å²) >= 11 is 0. The molecule has 0 saturated heterocycles. The molecule has 0 amide bonds. The summed E-state index contributed by atoms with van der Waals surface area (Å²) in [6.45, 7) is 15.0. The Bertz CT molecular complexity index is 967. The third kappa shape index (κ3) is 4.86. The lowest BCUT2D eigenvalue weighted by atomic mass is 9.78. The third-order valence-corrected chi connectivity index (χ3v) is 5.24. The first-order valence-corrected chi connectivity index (χ1v) is 10.5. The highest BCUT2D eigenvalue weighted by Crippen LogP contribution is 2.41. The molecule has 1 N–H and O–H groups in total. The first kappa shape index (κ1) is 21.9. The molecule has 160 valence electrons. The Morgan fingerprint density at radius 1 is 0.933 bits per heavy atom. The molecule has 0 unspecified atom stereocenters. The molecule has 4 nitrogen and oxygen atoms in total. The number of hydrogen-bond donors (Lipinski definition) is 1. The van der Waals surface area contributed by atoms with Gasteiger partial charge in [0.15, 0.2) is 0 Å². The van der Waals surface area contributed by atoms with Crippen molar-refractivity contribution in [2.24, 2.45) is 0 Å². The second-order valence-corrected chi connectivity index (χ2v) is 9.85. The summed E-state index contributed by atoms with van der Waals surface area (Å²) in [7, 11) is 0. The van der Waals surface area contributed by atoms with Crippen LogP contribution in [0.1, 0.15) is 70.9 Å². The molecule has 0 saturated carbocycles. The highest BCUT2D eigenvalue weighted by molar-refractivity contribution is 5.63. The average molecular weight is 408 g/mol. The average Bonchev–Trinajstić information content (AvgIpc) is 3.14. The van der Waals surface area contributed by atoms with E-state index in [9.17, 15) is 5.11 Å². The molecule has 0 radical (unpaired) electrons. The van der Waals surface area contributed by atoms with Crippen LogP contribution in [-0.2, 0) is 23.9 Å². The summed E-state index contributed by atoms with van der Waals surface area (Å²) in [5.41, 5.74) is 4.23. The van der Waals surface area contributed by atoms with Crippen molar-refractivity contribution >= 4 is 0 Å². The molecule has 0 atom stereocenters. The summed E-state index contributed by atoms with van der Waals surface area (Å²) < 4.78 is 11.6. The van der Waals surface area contributed by atoms with E-state index < -0.39 is 0 Å². The smallest absolute Gasteiger partial charge is 0.226 e. The Morgan fingerprint density at radius 2 is 1.50 bits per heavy atom. The molecule has 0 aliphatic heterocycles. The predicted molar refractivity (Wildman–Crippen MR) is 121 cm³/mol. The van der Waals surface area contributed by atoms with Gasteiger partial charge in [-0.05, 0) is 47.1 Å². The summed E-state index contributed by atoms with van der Waals surface area (Å²) in [5, 5.41) is 10.9. The van der Waals surface area contributed by atoms with Crippen molar-refractivity contribution < 1.29 is 14.3 Å². The minimum absolute atomic E-state index is 0.205. The molecule has 0 bridgehead atoms. The number of rotatable bonds is 5. The minimum Gasteiger partial charge on any atom is -0.507 e. The van der Waals surface area contributed by atoms with Gasteiger partial charge in [-0.15, -0.1) is 0 Å². The number of oxazole rings is 1.